The lowest BCUT2D eigenvalue weighted by atomic mass is 10.1. The van der Waals surface area contributed by atoms with Gasteiger partial charge in [0.2, 0.25) is 5.91 Å². The van der Waals surface area contributed by atoms with Crippen molar-refractivity contribution in [1.29, 1.82) is 5.26 Å². The minimum absolute atomic E-state index is 0.0683. The minimum atomic E-state index is -3.62. The van der Waals surface area contributed by atoms with Crippen LogP contribution in [0.2, 0.25) is 0 Å². The molecule has 1 N–H and O–H groups in total. The van der Waals surface area contributed by atoms with Crippen molar-refractivity contribution in [3.8, 4) is 6.07 Å². The highest BCUT2D eigenvalue weighted by Gasteiger charge is 2.19. The van der Waals surface area contributed by atoms with Crippen LogP contribution in [0.5, 0.6) is 0 Å². The maximum absolute atomic E-state index is 13.7. The fraction of sp³-hybridized carbons (Fsp3) is 0.238. The number of nitrogens with one attached hydrogen (secondary N) is 1. The number of rotatable bonds is 9. The van der Waals surface area contributed by atoms with E-state index in [0.29, 0.717) is 11.1 Å². The summed E-state index contributed by atoms with van der Waals surface area (Å²) >= 11 is 3.32. The van der Waals surface area contributed by atoms with Crippen LogP contribution < -0.4 is 5.32 Å². The van der Waals surface area contributed by atoms with Crippen LogP contribution in [0.25, 0.3) is 6.08 Å². The van der Waals surface area contributed by atoms with E-state index in [-0.39, 0.29) is 36.5 Å². The second-order valence-electron chi connectivity index (χ2n) is 6.32. The van der Waals surface area contributed by atoms with Gasteiger partial charge in [-0.25, -0.2) is 12.8 Å². The summed E-state index contributed by atoms with van der Waals surface area (Å²) in [6.07, 6.45) is 1.66. The van der Waals surface area contributed by atoms with Gasteiger partial charge in [-0.05, 0) is 41.8 Å². The molecule has 0 bridgehead atoms. The molecule has 0 fully saturated rings. The highest BCUT2D eigenvalue weighted by molar-refractivity contribution is 9.10. The van der Waals surface area contributed by atoms with Crippen molar-refractivity contribution < 1.29 is 17.6 Å². The van der Waals surface area contributed by atoms with E-state index < -0.39 is 21.5 Å². The largest absolute Gasteiger partial charge is 0.352 e. The Labute approximate surface area is 178 Å². The molecule has 0 aliphatic heterocycles. The Morgan fingerprint density at radius 3 is 2.52 bits per heavy atom. The number of amides is 1. The first-order chi connectivity index (χ1) is 13.8. The molecular weight excluding hydrogens is 459 g/mol. The Balaban J connectivity index is 2.15. The molecule has 1 amide bonds. The third-order valence-corrected chi connectivity index (χ3v) is 6.15. The van der Waals surface area contributed by atoms with Crippen molar-refractivity contribution in [2.45, 2.75) is 12.8 Å². The van der Waals surface area contributed by atoms with Crippen LogP contribution in [-0.4, -0.2) is 32.4 Å². The van der Waals surface area contributed by atoms with Crippen molar-refractivity contribution in [3.05, 3.63) is 75.5 Å². The van der Waals surface area contributed by atoms with Crippen molar-refractivity contribution in [3.63, 3.8) is 0 Å². The molecule has 0 aromatic heterocycles. The number of carbonyl (C=O) groups is 1. The van der Waals surface area contributed by atoms with Crippen LogP contribution in [0, 0.1) is 17.1 Å². The molecule has 0 radical (unpaired) electrons. The molecule has 2 aromatic rings. The average molecular weight is 479 g/mol. The standard InChI is InChI=1S/C21H20BrFN2O3S/c22-19-8-6-16(7-9-19)14-18(15-29(27,28)13-3-11-24)21(26)25-12-10-17-4-1-2-5-20(17)23/h1-2,4-9,14H,3,10,12-13,15H2,(H,25,26)/b18-14+. The van der Waals surface area contributed by atoms with E-state index in [4.69, 9.17) is 5.26 Å². The Bertz CT molecular complexity index is 1030. The van der Waals surface area contributed by atoms with E-state index >= 15 is 0 Å². The summed E-state index contributed by atoms with van der Waals surface area (Å²) in [7, 11) is -3.62. The second-order valence-corrected chi connectivity index (χ2v) is 9.42. The van der Waals surface area contributed by atoms with E-state index in [1.165, 1.54) is 12.1 Å². The van der Waals surface area contributed by atoms with Gasteiger partial charge in [0.15, 0.2) is 9.84 Å². The fourth-order valence-electron chi connectivity index (χ4n) is 2.57. The number of carbonyl (C=O) groups excluding carboxylic acids is 1. The summed E-state index contributed by atoms with van der Waals surface area (Å²) in [6.45, 7) is 0.162. The number of benzene rings is 2. The Morgan fingerprint density at radius 2 is 1.86 bits per heavy atom. The molecule has 0 saturated carbocycles. The lowest BCUT2D eigenvalue weighted by molar-refractivity contribution is -0.117. The lowest BCUT2D eigenvalue weighted by Crippen LogP contribution is -2.30. The quantitative estimate of drug-likeness (QED) is 0.557. The van der Waals surface area contributed by atoms with Crippen LogP contribution in [0.3, 0.4) is 0 Å². The normalized spacial score (nSPS) is 11.7. The fourth-order valence-corrected chi connectivity index (χ4v) is 4.07. The summed E-state index contributed by atoms with van der Waals surface area (Å²) in [4.78, 5) is 12.6. The molecule has 0 heterocycles. The van der Waals surface area contributed by atoms with Gasteiger partial charge in [-0.1, -0.05) is 46.3 Å². The molecule has 0 spiro atoms. The third-order valence-electron chi connectivity index (χ3n) is 4.04. The number of hydrogen-bond acceptors (Lipinski definition) is 4. The number of nitrogens with zero attached hydrogens (tertiary/aromatic N) is 1. The van der Waals surface area contributed by atoms with E-state index in [0.717, 1.165) is 4.47 Å². The summed E-state index contributed by atoms with van der Waals surface area (Å²) in [5, 5.41) is 11.3. The smallest absolute Gasteiger partial charge is 0.248 e. The predicted molar refractivity (Wildman–Crippen MR) is 114 cm³/mol. The maximum Gasteiger partial charge on any atom is 0.248 e. The van der Waals surface area contributed by atoms with Crippen molar-refractivity contribution in [2.24, 2.45) is 0 Å². The lowest BCUT2D eigenvalue weighted by Gasteiger charge is -2.10. The van der Waals surface area contributed by atoms with Gasteiger partial charge in [-0.2, -0.15) is 5.26 Å². The van der Waals surface area contributed by atoms with Crippen LogP contribution in [-0.2, 0) is 21.1 Å². The van der Waals surface area contributed by atoms with Crippen LogP contribution >= 0.6 is 15.9 Å². The second kappa shape index (κ2) is 10.9. The Hall–Kier alpha value is -2.50. The van der Waals surface area contributed by atoms with Crippen molar-refractivity contribution >= 4 is 37.8 Å². The SMILES string of the molecule is N#CCCS(=O)(=O)C/C(=C\c1ccc(Br)cc1)C(=O)NCCc1ccccc1F. The van der Waals surface area contributed by atoms with Crippen molar-refractivity contribution in [1.82, 2.24) is 5.32 Å². The molecular formula is C21H20BrFN2O3S. The van der Waals surface area contributed by atoms with Crippen LogP contribution in [0.4, 0.5) is 4.39 Å². The Kier molecular flexibility index (Phi) is 8.55. The van der Waals surface area contributed by atoms with Gasteiger partial charge in [0.1, 0.15) is 5.82 Å². The number of hydrogen-bond donors (Lipinski definition) is 1. The molecule has 8 heteroatoms. The molecule has 0 atom stereocenters. The topological polar surface area (TPSA) is 87.0 Å². The molecule has 29 heavy (non-hydrogen) atoms. The summed E-state index contributed by atoms with van der Waals surface area (Å²) in [5.74, 6) is -1.68. The minimum Gasteiger partial charge on any atom is -0.352 e. The molecule has 5 nitrogen and oxygen atoms in total. The van der Waals surface area contributed by atoms with Gasteiger partial charge in [0, 0.05) is 23.0 Å². The zero-order valence-electron chi connectivity index (χ0n) is 15.6. The highest BCUT2D eigenvalue weighted by atomic mass is 79.9. The van der Waals surface area contributed by atoms with Gasteiger partial charge >= 0.3 is 0 Å². The molecule has 0 unspecified atom stereocenters. The first kappa shape index (κ1) is 22.8. The molecule has 0 saturated heterocycles. The molecule has 152 valence electrons. The van der Waals surface area contributed by atoms with Gasteiger partial charge < -0.3 is 5.32 Å². The molecule has 2 rings (SSSR count). The number of halogens is 2. The maximum atomic E-state index is 13.7. The van der Waals surface area contributed by atoms with Gasteiger partial charge in [-0.15, -0.1) is 0 Å². The highest BCUT2D eigenvalue weighted by Crippen LogP contribution is 2.15. The van der Waals surface area contributed by atoms with E-state index in [1.807, 2.05) is 0 Å². The predicted octanol–water partition coefficient (Wildman–Crippen LogP) is 3.66. The van der Waals surface area contributed by atoms with E-state index in [2.05, 4.69) is 21.2 Å². The summed E-state index contributed by atoms with van der Waals surface area (Å²) in [5.41, 5.74) is 1.20. The van der Waals surface area contributed by atoms with E-state index in [9.17, 15) is 17.6 Å². The number of nitriles is 1. The monoisotopic (exact) mass is 478 g/mol. The van der Waals surface area contributed by atoms with Crippen LogP contribution in [0.15, 0.2) is 58.6 Å². The molecule has 0 aliphatic carbocycles. The van der Waals surface area contributed by atoms with Gasteiger partial charge in [0.25, 0.3) is 0 Å². The summed E-state index contributed by atoms with van der Waals surface area (Å²) < 4.78 is 39.1. The summed E-state index contributed by atoms with van der Waals surface area (Å²) in [6, 6.07) is 15.1. The van der Waals surface area contributed by atoms with Gasteiger partial charge in [0.05, 0.1) is 17.6 Å². The molecule has 2 aromatic carbocycles. The zero-order valence-corrected chi connectivity index (χ0v) is 18.0. The van der Waals surface area contributed by atoms with Crippen molar-refractivity contribution in [2.75, 3.05) is 18.1 Å². The van der Waals surface area contributed by atoms with Crippen LogP contribution in [0.1, 0.15) is 17.5 Å². The van der Waals surface area contributed by atoms with Gasteiger partial charge in [-0.3, -0.25) is 4.79 Å². The van der Waals surface area contributed by atoms with E-state index in [1.54, 1.807) is 48.5 Å². The zero-order chi connectivity index (χ0) is 21.3. The number of sulfone groups is 1. The molecule has 0 aliphatic rings. The first-order valence-corrected chi connectivity index (χ1v) is 11.5. The average Bonchev–Trinajstić information content (AvgIpc) is 2.69. The first-order valence-electron chi connectivity index (χ1n) is 8.86. The Morgan fingerprint density at radius 1 is 1.17 bits per heavy atom. The third kappa shape index (κ3) is 7.80.